The molecule has 4 rings (SSSR count). The SMILES string of the molecule is CC(C)C(=O)N1c2ccccc2C(N(C(=O)c2ccccc2)c2ccc([N+](=O)[O-])cc2)CC1C. The van der Waals surface area contributed by atoms with Crippen LogP contribution in [0.4, 0.5) is 17.1 Å². The van der Waals surface area contributed by atoms with E-state index in [2.05, 4.69) is 0 Å². The number of hydrogen-bond acceptors (Lipinski definition) is 4. The van der Waals surface area contributed by atoms with Crippen molar-refractivity contribution in [3.63, 3.8) is 0 Å². The van der Waals surface area contributed by atoms with Crippen LogP contribution in [0.3, 0.4) is 0 Å². The van der Waals surface area contributed by atoms with Crippen molar-refractivity contribution in [1.82, 2.24) is 0 Å². The topological polar surface area (TPSA) is 83.8 Å². The molecule has 0 saturated heterocycles. The van der Waals surface area contributed by atoms with E-state index < -0.39 is 4.92 Å². The number of rotatable bonds is 5. The third-order valence-corrected chi connectivity index (χ3v) is 6.18. The molecule has 0 fully saturated rings. The summed E-state index contributed by atoms with van der Waals surface area (Å²) in [5, 5.41) is 11.2. The largest absolute Gasteiger partial charge is 0.309 e. The highest BCUT2D eigenvalue weighted by molar-refractivity contribution is 6.07. The maximum absolute atomic E-state index is 13.8. The molecule has 174 valence electrons. The lowest BCUT2D eigenvalue weighted by atomic mass is 9.88. The second-order valence-corrected chi connectivity index (χ2v) is 8.84. The van der Waals surface area contributed by atoms with Gasteiger partial charge in [-0.15, -0.1) is 0 Å². The molecule has 0 aliphatic carbocycles. The lowest BCUT2D eigenvalue weighted by Gasteiger charge is -2.44. The predicted octanol–water partition coefficient (Wildman–Crippen LogP) is 5.76. The van der Waals surface area contributed by atoms with E-state index in [9.17, 15) is 19.7 Å². The number of nitro benzene ring substituents is 1. The number of anilines is 2. The fourth-order valence-electron chi connectivity index (χ4n) is 4.53. The van der Waals surface area contributed by atoms with Crippen LogP contribution in [0.2, 0.25) is 0 Å². The minimum Gasteiger partial charge on any atom is -0.309 e. The molecule has 0 aromatic heterocycles. The van der Waals surface area contributed by atoms with Crippen LogP contribution >= 0.6 is 0 Å². The Morgan fingerprint density at radius 1 is 0.971 bits per heavy atom. The molecule has 2 amide bonds. The van der Waals surface area contributed by atoms with Crippen LogP contribution in [0, 0.1) is 16.0 Å². The maximum Gasteiger partial charge on any atom is 0.269 e. The van der Waals surface area contributed by atoms with Gasteiger partial charge in [0, 0.05) is 41.0 Å². The van der Waals surface area contributed by atoms with Gasteiger partial charge in [0.25, 0.3) is 11.6 Å². The van der Waals surface area contributed by atoms with Gasteiger partial charge in [-0.25, -0.2) is 0 Å². The summed E-state index contributed by atoms with van der Waals surface area (Å²) in [4.78, 5) is 41.1. The molecule has 0 bridgehead atoms. The van der Waals surface area contributed by atoms with E-state index in [1.165, 1.54) is 12.1 Å². The summed E-state index contributed by atoms with van der Waals surface area (Å²) in [5.41, 5.74) is 2.71. The lowest BCUT2D eigenvalue weighted by Crippen LogP contribution is -2.49. The Bertz CT molecular complexity index is 1210. The van der Waals surface area contributed by atoms with E-state index in [1.807, 2.05) is 68.1 Å². The highest BCUT2D eigenvalue weighted by Crippen LogP contribution is 2.43. The minimum atomic E-state index is -0.458. The van der Waals surface area contributed by atoms with Gasteiger partial charge >= 0.3 is 0 Å². The van der Waals surface area contributed by atoms with Gasteiger partial charge in [-0.05, 0) is 49.2 Å². The second kappa shape index (κ2) is 9.47. The number of nitrogens with zero attached hydrogens (tertiary/aromatic N) is 3. The summed E-state index contributed by atoms with van der Waals surface area (Å²) in [6.45, 7) is 5.75. The second-order valence-electron chi connectivity index (χ2n) is 8.84. The Kier molecular flexibility index (Phi) is 6.45. The van der Waals surface area contributed by atoms with Gasteiger partial charge in [0.1, 0.15) is 0 Å². The van der Waals surface area contributed by atoms with Crippen LogP contribution in [0.15, 0.2) is 78.9 Å². The number of carbonyl (C=O) groups is 2. The monoisotopic (exact) mass is 457 g/mol. The summed E-state index contributed by atoms with van der Waals surface area (Å²) in [6.07, 6.45) is 0.533. The number of amides is 2. The van der Waals surface area contributed by atoms with Crippen LogP contribution < -0.4 is 9.80 Å². The number of hydrogen-bond donors (Lipinski definition) is 0. The highest BCUT2D eigenvalue weighted by Gasteiger charge is 2.39. The number of carbonyl (C=O) groups excluding carboxylic acids is 2. The molecule has 1 aliphatic rings. The number of fused-ring (bicyclic) bond motifs is 1. The Balaban J connectivity index is 1.85. The molecule has 7 nitrogen and oxygen atoms in total. The van der Waals surface area contributed by atoms with Crippen molar-refractivity contribution in [3.05, 3.63) is 100 Å². The molecule has 0 radical (unpaired) electrons. The summed E-state index contributed by atoms with van der Waals surface area (Å²) >= 11 is 0. The zero-order valence-corrected chi connectivity index (χ0v) is 19.4. The van der Waals surface area contributed by atoms with Crippen LogP contribution in [-0.4, -0.2) is 22.8 Å². The minimum absolute atomic E-state index is 0.0367. The maximum atomic E-state index is 13.8. The van der Waals surface area contributed by atoms with Crippen molar-refractivity contribution < 1.29 is 14.5 Å². The number of benzene rings is 3. The van der Waals surface area contributed by atoms with Gasteiger partial charge < -0.3 is 9.80 Å². The first-order chi connectivity index (χ1) is 16.3. The molecule has 0 N–H and O–H groups in total. The van der Waals surface area contributed by atoms with E-state index in [-0.39, 0.29) is 35.5 Å². The van der Waals surface area contributed by atoms with Crippen LogP contribution in [0.1, 0.15) is 49.2 Å². The summed E-state index contributed by atoms with van der Waals surface area (Å²) in [5.74, 6) is -0.330. The first-order valence-electron chi connectivity index (χ1n) is 11.3. The molecular formula is C27H27N3O4. The lowest BCUT2D eigenvalue weighted by molar-refractivity contribution is -0.384. The Hall–Kier alpha value is -4.00. The van der Waals surface area contributed by atoms with E-state index in [1.54, 1.807) is 29.2 Å². The summed E-state index contributed by atoms with van der Waals surface area (Å²) < 4.78 is 0. The molecule has 1 aliphatic heterocycles. The van der Waals surface area contributed by atoms with Gasteiger partial charge in [0.2, 0.25) is 5.91 Å². The number of para-hydroxylation sites is 1. The number of nitro groups is 1. The molecular weight excluding hydrogens is 430 g/mol. The Morgan fingerprint density at radius 2 is 1.59 bits per heavy atom. The smallest absolute Gasteiger partial charge is 0.269 e. The normalized spacial score (nSPS) is 17.2. The van der Waals surface area contributed by atoms with Gasteiger partial charge in [0.05, 0.1) is 11.0 Å². The molecule has 0 spiro atoms. The van der Waals surface area contributed by atoms with Crippen molar-refractivity contribution in [3.8, 4) is 0 Å². The standard InChI is InChI=1S/C27H27N3O4/c1-18(2)26(31)28-19(3)17-25(23-11-7-8-12-24(23)28)29(27(32)20-9-5-4-6-10-20)21-13-15-22(16-14-21)30(33)34/h4-16,18-19,25H,17H2,1-3H3. The molecule has 3 aromatic rings. The molecule has 7 heteroatoms. The zero-order valence-electron chi connectivity index (χ0n) is 19.4. The molecule has 2 unspecified atom stereocenters. The predicted molar refractivity (Wildman–Crippen MR) is 132 cm³/mol. The Morgan fingerprint density at radius 3 is 2.21 bits per heavy atom. The van der Waals surface area contributed by atoms with Gasteiger partial charge in [-0.2, -0.15) is 0 Å². The average Bonchev–Trinajstić information content (AvgIpc) is 2.84. The van der Waals surface area contributed by atoms with Crippen molar-refractivity contribution in [2.75, 3.05) is 9.80 Å². The summed E-state index contributed by atoms with van der Waals surface area (Å²) in [7, 11) is 0. The van der Waals surface area contributed by atoms with Crippen molar-refractivity contribution in [2.24, 2.45) is 5.92 Å². The third kappa shape index (κ3) is 4.29. The zero-order chi connectivity index (χ0) is 24.4. The molecule has 3 aromatic carbocycles. The van der Waals surface area contributed by atoms with E-state index >= 15 is 0 Å². The molecule has 0 saturated carbocycles. The number of non-ortho nitro benzene ring substituents is 1. The van der Waals surface area contributed by atoms with E-state index in [0.29, 0.717) is 17.7 Å². The first kappa shape index (κ1) is 23.2. The Labute approximate surface area is 198 Å². The van der Waals surface area contributed by atoms with Gasteiger partial charge in [-0.3, -0.25) is 19.7 Å². The average molecular weight is 458 g/mol. The highest BCUT2D eigenvalue weighted by atomic mass is 16.6. The van der Waals surface area contributed by atoms with Crippen molar-refractivity contribution >= 4 is 28.9 Å². The van der Waals surface area contributed by atoms with Crippen LogP contribution in [0.5, 0.6) is 0 Å². The van der Waals surface area contributed by atoms with Gasteiger partial charge in [0.15, 0.2) is 0 Å². The van der Waals surface area contributed by atoms with Crippen molar-refractivity contribution in [1.29, 1.82) is 0 Å². The van der Waals surface area contributed by atoms with Crippen LogP contribution in [-0.2, 0) is 4.79 Å². The van der Waals surface area contributed by atoms with Crippen molar-refractivity contribution in [2.45, 2.75) is 39.3 Å². The van der Waals surface area contributed by atoms with Crippen LogP contribution in [0.25, 0.3) is 0 Å². The van der Waals surface area contributed by atoms with Gasteiger partial charge in [-0.1, -0.05) is 50.2 Å². The fourth-order valence-corrected chi connectivity index (χ4v) is 4.53. The van der Waals surface area contributed by atoms with E-state index in [4.69, 9.17) is 0 Å². The fraction of sp³-hybridized carbons (Fsp3) is 0.259. The summed E-state index contributed by atoms with van der Waals surface area (Å²) in [6, 6.07) is 22.2. The molecule has 1 heterocycles. The third-order valence-electron chi connectivity index (χ3n) is 6.18. The van der Waals surface area contributed by atoms with E-state index in [0.717, 1.165) is 11.3 Å². The molecule has 2 atom stereocenters. The molecule has 34 heavy (non-hydrogen) atoms. The first-order valence-corrected chi connectivity index (χ1v) is 11.3. The quantitative estimate of drug-likeness (QED) is 0.360.